The monoisotopic (exact) mass is 328 g/mol. The summed E-state index contributed by atoms with van der Waals surface area (Å²) in [5.41, 5.74) is 3.53. The number of anilines is 1. The molecule has 0 spiro atoms. The third kappa shape index (κ3) is 3.05. The van der Waals surface area contributed by atoms with E-state index in [9.17, 15) is 4.79 Å². The molecule has 0 unspecified atom stereocenters. The summed E-state index contributed by atoms with van der Waals surface area (Å²) in [4.78, 5) is 19.0. The van der Waals surface area contributed by atoms with Crippen molar-refractivity contribution >= 4 is 40.6 Å². The molecular weight excluding hydrogens is 312 g/mol. The molecular formula is C17H16N2OS2. The molecule has 3 rings (SSSR count). The lowest BCUT2D eigenvalue weighted by Crippen LogP contribution is -2.10. The van der Waals surface area contributed by atoms with Gasteiger partial charge < -0.3 is 4.90 Å². The second-order valence-electron chi connectivity index (χ2n) is 5.08. The third-order valence-corrected chi connectivity index (χ3v) is 6.01. The maximum Gasteiger partial charge on any atom is 0.195 e. The minimum atomic E-state index is 0.0752. The average Bonchev–Trinajstić information content (AvgIpc) is 2.51. The number of rotatable bonds is 4. The van der Waals surface area contributed by atoms with Gasteiger partial charge in [0.25, 0.3) is 0 Å². The van der Waals surface area contributed by atoms with E-state index >= 15 is 0 Å². The van der Waals surface area contributed by atoms with Crippen molar-refractivity contribution in [3.63, 3.8) is 0 Å². The second-order valence-corrected chi connectivity index (χ2v) is 7.67. The Bertz CT molecular complexity index is 703. The Balaban J connectivity index is 1.97. The highest BCUT2D eigenvalue weighted by Gasteiger charge is 2.24. The number of hydrogen-bond acceptors (Lipinski definition) is 5. The number of carbonyl (C=O) groups is 1. The van der Waals surface area contributed by atoms with E-state index in [-0.39, 0.29) is 5.78 Å². The fraction of sp³-hybridized carbons (Fsp3) is 0.176. The van der Waals surface area contributed by atoms with Crippen LogP contribution in [0, 0.1) is 0 Å². The zero-order chi connectivity index (χ0) is 15.5. The second kappa shape index (κ2) is 6.58. The largest absolute Gasteiger partial charge is 0.378 e. The van der Waals surface area contributed by atoms with Crippen LogP contribution in [0.3, 0.4) is 0 Å². The normalized spacial score (nSPS) is 13.5. The van der Waals surface area contributed by atoms with Gasteiger partial charge in [0.2, 0.25) is 0 Å². The number of nitrogens with zero attached hydrogens (tertiary/aromatic N) is 2. The van der Waals surface area contributed by atoms with Crippen LogP contribution >= 0.6 is 23.5 Å². The number of thioether (sulfide) groups is 2. The van der Waals surface area contributed by atoms with Gasteiger partial charge in [0.05, 0.1) is 4.24 Å². The van der Waals surface area contributed by atoms with Crippen molar-refractivity contribution in [1.82, 2.24) is 4.98 Å². The van der Waals surface area contributed by atoms with Crippen molar-refractivity contribution in [3.05, 3.63) is 64.2 Å². The van der Waals surface area contributed by atoms with Crippen molar-refractivity contribution in [1.29, 1.82) is 0 Å². The van der Waals surface area contributed by atoms with Crippen LogP contribution in [-0.4, -0.2) is 29.9 Å². The Labute approximate surface area is 138 Å². The van der Waals surface area contributed by atoms with E-state index in [1.807, 2.05) is 55.4 Å². The SMILES string of the molecule is CN(C)c1ccc(C(=O)C(=C2SCS2)c2ccncc2)cc1. The molecule has 1 saturated heterocycles. The predicted molar refractivity (Wildman–Crippen MR) is 96.3 cm³/mol. The van der Waals surface area contributed by atoms with Gasteiger partial charge in [0.1, 0.15) is 0 Å². The first-order valence-corrected chi connectivity index (χ1v) is 8.86. The van der Waals surface area contributed by atoms with Crippen LogP contribution in [0.25, 0.3) is 5.57 Å². The lowest BCUT2D eigenvalue weighted by Gasteiger charge is -2.20. The van der Waals surface area contributed by atoms with Crippen molar-refractivity contribution < 1.29 is 4.79 Å². The number of pyridine rings is 1. The number of allylic oxidation sites excluding steroid dienone is 1. The molecule has 0 saturated carbocycles. The highest BCUT2D eigenvalue weighted by atomic mass is 32.3. The van der Waals surface area contributed by atoms with E-state index in [0.717, 1.165) is 31.7 Å². The molecule has 1 aromatic carbocycles. The number of carbonyl (C=O) groups excluding carboxylic acids is 1. The van der Waals surface area contributed by atoms with Gasteiger partial charge in [-0.15, -0.1) is 23.5 Å². The van der Waals surface area contributed by atoms with E-state index in [1.54, 1.807) is 35.9 Å². The first-order chi connectivity index (χ1) is 10.7. The Kier molecular flexibility index (Phi) is 4.55. The summed E-state index contributed by atoms with van der Waals surface area (Å²) in [6.07, 6.45) is 3.46. The van der Waals surface area contributed by atoms with E-state index in [1.165, 1.54) is 0 Å². The summed E-state index contributed by atoms with van der Waals surface area (Å²) in [6.45, 7) is 0. The van der Waals surface area contributed by atoms with Gasteiger partial charge in [-0.3, -0.25) is 9.78 Å². The summed E-state index contributed by atoms with van der Waals surface area (Å²) in [6, 6.07) is 11.5. The van der Waals surface area contributed by atoms with Gasteiger partial charge in [-0.1, -0.05) is 0 Å². The summed E-state index contributed by atoms with van der Waals surface area (Å²) >= 11 is 3.46. The first-order valence-electron chi connectivity index (χ1n) is 6.89. The fourth-order valence-electron chi connectivity index (χ4n) is 2.18. The van der Waals surface area contributed by atoms with Gasteiger partial charge in [-0.05, 0) is 42.0 Å². The summed E-state index contributed by atoms with van der Waals surface area (Å²) in [5.74, 6) is 0.0752. The number of ketones is 1. The number of Topliss-reactive ketones (excluding diaryl/α,β-unsaturated/α-hetero) is 1. The predicted octanol–water partition coefficient (Wildman–Crippen LogP) is 4.14. The molecule has 1 aliphatic rings. The molecule has 5 heteroatoms. The lowest BCUT2D eigenvalue weighted by molar-refractivity contribution is 0.105. The third-order valence-electron chi connectivity index (χ3n) is 3.43. The number of benzene rings is 1. The molecule has 22 heavy (non-hydrogen) atoms. The first kappa shape index (κ1) is 15.2. The molecule has 0 N–H and O–H groups in total. The van der Waals surface area contributed by atoms with Crippen molar-refractivity contribution in [3.8, 4) is 0 Å². The zero-order valence-electron chi connectivity index (χ0n) is 12.4. The lowest BCUT2D eigenvalue weighted by atomic mass is 9.99. The molecule has 112 valence electrons. The quantitative estimate of drug-likeness (QED) is 0.622. The zero-order valence-corrected chi connectivity index (χ0v) is 14.1. The topological polar surface area (TPSA) is 33.2 Å². The van der Waals surface area contributed by atoms with E-state index in [0.29, 0.717) is 0 Å². The summed E-state index contributed by atoms with van der Waals surface area (Å²) < 4.78 is 1.10. The molecule has 0 radical (unpaired) electrons. The fourth-order valence-corrected chi connectivity index (χ4v) is 3.83. The molecule has 1 fully saturated rings. The Morgan fingerprint density at radius 2 is 1.64 bits per heavy atom. The van der Waals surface area contributed by atoms with Crippen molar-refractivity contribution in [2.45, 2.75) is 0 Å². The molecule has 1 aromatic heterocycles. The standard InChI is InChI=1S/C17H16N2OS2/c1-19(2)14-5-3-13(4-6-14)16(20)15(17-21-11-22-17)12-7-9-18-10-8-12/h3-10H,11H2,1-2H3. The average molecular weight is 328 g/mol. The molecule has 0 bridgehead atoms. The molecule has 0 atom stereocenters. The Morgan fingerprint density at radius 3 is 2.14 bits per heavy atom. The van der Waals surface area contributed by atoms with Crippen LogP contribution in [0.4, 0.5) is 5.69 Å². The van der Waals surface area contributed by atoms with Gasteiger partial charge in [-0.2, -0.15) is 0 Å². The molecule has 2 heterocycles. The Hall–Kier alpha value is -1.72. The van der Waals surface area contributed by atoms with Gasteiger partial charge >= 0.3 is 0 Å². The highest BCUT2D eigenvalue weighted by molar-refractivity contribution is 8.37. The minimum absolute atomic E-state index is 0.0752. The highest BCUT2D eigenvalue weighted by Crippen LogP contribution is 2.48. The van der Waals surface area contributed by atoms with Crippen LogP contribution in [0.1, 0.15) is 15.9 Å². The molecule has 3 nitrogen and oxygen atoms in total. The molecule has 1 aliphatic heterocycles. The maximum atomic E-state index is 12.9. The smallest absolute Gasteiger partial charge is 0.195 e. The maximum absolute atomic E-state index is 12.9. The van der Waals surface area contributed by atoms with Crippen LogP contribution < -0.4 is 4.90 Å². The molecule has 0 aliphatic carbocycles. The van der Waals surface area contributed by atoms with Crippen LogP contribution in [0.15, 0.2) is 53.0 Å². The van der Waals surface area contributed by atoms with E-state index < -0.39 is 0 Å². The van der Waals surface area contributed by atoms with Gasteiger partial charge in [-0.25, -0.2) is 0 Å². The van der Waals surface area contributed by atoms with E-state index in [4.69, 9.17) is 0 Å². The molecule has 2 aromatic rings. The van der Waals surface area contributed by atoms with E-state index in [2.05, 4.69) is 4.98 Å². The van der Waals surface area contributed by atoms with Gasteiger partial charge in [0, 0.05) is 48.4 Å². The van der Waals surface area contributed by atoms with Gasteiger partial charge in [0.15, 0.2) is 5.78 Å². The van der Waals surface area contributed by atoms with Crippen molar-refractivity contribution in [2.75, 3.05) is 24.1 Å². The number of aromatic nitrogens is 1. The minimum Gasteiger partial charge on any atom is -0.378 e. The Morgan fingerprint density at radius 1 is 1.00 bits per heavy atom. The van der Waals surface area contributed by atoms with Crippen molar-refractivity contribution in [2.24, 2.45) is 0 Å². The molecule has 0 amide bonds. The summed E-state index contributed by atoms with van der Waals surface area (Å²) in [7, 11) is 3.98. The summed E-state index contributed by atoms with van der Waals surface area (Å²) in [5, 5.41) is 1.01. The number of hydrogen-bond donors (Lipinski definition) is 0. The van der Waals surface area contributed by atoms with Crippen LogP contribution in [0.2, 0.25) is 0 Å². The van der Waals surface area contributed by atoms with Crippen LogP contribution in [0.5, 0.6) is 0 Å². The van der Waals surface area contributed by atoms with Crippen LogP contribution in [-0.2, 0) is 0 Å².